The Hall–Kier alpha value is -2.21. The predicted octanol–water partition coefficient (Wildman–Crippen LogP) is 3.14. The minimum Gasteiger partial charge on any atom is -0.330 e. The second kappa shape index (κ2) is 7.19. The number of aromatic amines is 1. The summed E-state index contributed by atoms with van der Waals surface area (Å²) in [5.74, 6) is 0.00484. The summed E-state index contributed by atoms with van der Waals surface area (Å²) < 4.78 is 0. The Kier molecular flexibility index (Phi) is 5.14. The summed E-state index contributed by atoms with van der Waals surface area (Å²) in [5, 5.41) is 7.30. The van der Waals surface area contributed by atoms with Gasteiger partial charge in [-0.3, -0.25) is 14.9 Å². The van der Waals surface area contributed by atoms with Crippen molar-refractivity contribution in [1.29, 1.82) is 0 Å². The lowest BCUT2D eigenvalue weighted by atomic mass is 9.92. The molecule has 6 nitrogen and oxygen atoms in total. The molecule has 1 N–H and O–H groups in total. The highest BCUT2D eigenvalue weighted by molar-refractivity contribution is 5.93. The van der Waals surface area contributed by atoms with E-state index in [9.17, 15) is 4.79 Å². The molecule has 2 aromatic heterocycles. The van der Waals surface area contributed by atoms with E-state index in [-0.39, 0.29) is 17.4 Å². The molecule has 140 valence electrons. The molecular weight excluding hydrogens is 326 g/mol. The molecule has 1 aliphatic rings. The smallest absolute Gasteiger partial charge is 0.274 e. The van der Waals surface area contributed by atoms with Crippen LogP contribution in [0.5, 0.6) is 0 Å². The molecule has 1 unspecified atom stereocenters. The van der Waals surface area contributed by atoms with E-state index in [0.29, 0.717) is 5.69 Å². The van der Waals surface area contributed by atoms with Gasteiger partial charge in [0.25, 0.3) is 5.91 Å². The van der Waals surface area contributed by atoms with Crippen LogP contribution in [0.25, 0.3) is 0 Å². The van der Waals surface area contributed by atoms with Crippen LogP contribution >= 0.6 is 0 Å². The second-order valence-corrected chi connectivity index (χ2v) is 8.39. The summed E-state index contributed by atoms with van der Waals surface area (Å²) in [5.41, 5.74) is 3.62. The Morgan fingerprint density at radius 1 is 1.35 bits per heavy atom. The summed E-state index contributed by atoms with van der Waals surface area (Å²) in [6, 6.07) is 6.14. The van der Waals surface area contributed by atoms with Gasteiger partial charge in [0.05, 0.1) is 11.7 Å². The third kappa shape index (κ3) is 3.96. The topological polar surface area (TPSA) is 65.1 Å². The van der Waals surface area contributed by atoms with Gasteiger partial charge in [0.2, 0.25) is 0 Å². The first-order valence-electron chi connectivity index (χ1n) is 9.22. The Morgan fingerprint density at radius 2 is 2.12 bits per heavy atom. The van der Waals surface area contributed by atoms with E-state index in [1.54, 1.807) is 0 Å². The van der Waals surface area contributed by atoms with Gasteiger partial charge in [0.15, 0.2) is 0 Å². The normalized spacial score (nSPS) is 17.9. The fourth-order valence-corrected chi connectivity index (χ4v) is 3.43. The number of likely N-dealkylation sites (tertiary alicyclic amines) is 1. The highest BCUT2D eigenvalue weighted by Gasteiger charge is 2.32. The van der Waals surface area contributed by atoms with Crippen molar-refractivity contribution in [3.05, 3.63) is 47.0 Å². The van der Waals surface area contributed by atoms with Crippen LogP contribution in [0.15, 0.2) is 24.4 Å². The van der Waals surface area contributed by atoms with Crippen molar-refractivity contribution in [2.24, 2.45) is 0 Å². The summed E-state index contributed by atoms with van der Waals surface area (Å²) in [4.78, 5) is 21.6. The monoisotopic (exact) mass is 355 g/mol. The molecule has 2 aromatic rings. The van der Waals surface area contributed by atoms with Crippen molar-refractivity contribution in [3.8, 4) is 0 Å². The number of nitrogens with zero attached hydrogens (tertiary/aromatic N) is 4. The third-order valence-electron chi connectivity index (χ3n) is 4.82. The maximum Gasteiger partial charge on any atom is 0.274 e. The van der Waals surface area contributed by atoms with Crippen LogP contribution in [-0.4, -0.2) is 51.5 Å². The first kappa shape index (κ1) is 18.6. The first-order valence-corrected chi connectivity index (χ1v) is 9.22. The summed E-state index contributed by atoms with van der Waals surface area (Å²) >= 11 is 0. The molecule has 0 radical (unpaired) electrons. The van der Waals surface area contributed by atoms with Gasteiger partial charge >= 0.3 is 0 Å². The zero-order valence-corrected chi connectivity index (χ0v) is 16.4. The van der Waals surface area contributed by atoms with Gasteiger partial charge in [0, 0.05) is 30.4 Å². The Balaban J connectivity index is 1.82. The fraction of sp³-hybridized carbons (Fsp3) is 0.550. The Morgan fingerprint density at radius 3 is 2.77 bits per heavy atom. The molecule has 0 saturated carbocycles. The van der Waals surface area contributed by atoms with Crippen molar-refractivity contribution in [1.82, 2.24) is 25.0 Å². The van der Waals surface area contributed by atoms with Crippen LogP contribution in [0.3, 0.4) is 0 Å². The molecule has 3 rings (SSSR count). The van der Waals surface area contributed by atoms with Crippen LogP contribution in [0.2, 0.25) is 0 Å². The standard InChI is InChI=1S/C20H29N5O/c1-20(2,3)18-12-16(22-23-18)19(26)25-10-6-7-17(25)14-8-9-21-15(11-14)13-24(4)5/h8-9,11-12,17H,6-7,10,13H2,1-5H3,(H,22,23). The third-order valence-corrected chi connectivity index (χ3v) is 4.82. The van der Waals surface area contributed by atoms with Crippen molar-refractivity contribution < 1.29 is 4.79 Å². The number of hydrogen-bond acceptors (Lipinski definition) is 4. The number of carbonyl (C=O) groups is 1. The van der Waals surface area contributed by atoms with Crippen LogP contribution in [0, 0.1) is 0 Å². The predicted molar refractivity (Wildman–Crippen MR) is 102 cm³/mol. The first-order chi connectivity index (χ1) is 12.3. The molecule has 0 spiro atoms. The number of H-pyrrole nitrogens is 1. The van der Waals surface area contributed by atoms with Gasteiger partial charge in [-0.2, -0.15) is 5.10 Å². The Bertz CT molecular complexity index is 775. The van der Waals surface area contributed by atoms with E-state index < -0.39 is 0 Å². The minimum atomic E-state index is -0.0535. The maximum absolute atomic E-state index is 13.1. The molecule has 1 fully saturated rings. The highest BCUT2D eigenvalue weighted by Crippen LogP contribution is 2.33. The Labute approximate surface area is 155 Å². The zero-order valence-electron chi connectivity index (χ0n) is 16.4. The lowest BCUT2D eigenvalue weighted by molar-refractivity contribution is 0.0729. The number of rotatable bonds is 4. The molecule has 0 aliphatic carbocycles. The zero-order chi connectivity index (χ0) is 18.9. The number of amides is 1. The minimum absolute atomic E-state index is 0.00484. The van der Waals surface area contributed by atoms with Gasteiger partial charge < -0.3 is 9.80 Å². The van der Waals surface area contributed by atoms with Crippen LogP contribution in [0.4, 0.5) is 0 Å². The summed E-state index contributed by atoms with van der Waals surface area (Å²) in [7, 11) is 4.06. The largest absolute Gasteiger partial charge is 0.330 e. The molecule has 0 bridgehead atoms. The van der Waals surface area contributed by atoms with E-state index in [4.69, 9.17) is 0 Å². The van der Waals surface area contributed by atoms with Crippen molar-refractivity contribution in [3.63, 3.8) is 0 Å². The van der Waals surface area contributed by atoms with E-state index >= 15 is 0 Å². The number of carbonyl (C=O) groups excluding carboxylic acids is 1. The number of pyridine rings is 1. The maximum atomic E-state index is 13.1. The average Bonchev–Trinajstić information content (AvgIpc) is 3.23. The van der Waals surface area contributed by atoms with Gasteiger partial charge in [-0.15, -0.1) is 0 Å². The van der Waals surface area contributed by atoms with Gasteiger partial charge in [0.1, 0.15) is 5.69 Å². The van der Waals surface area contributed by atoms with Crippen molar-refractivity contribution in [2.45, 2.75) is 51.6 Å². The van der Waals surface area contributed by atoms with E-state index in [1.807, 2.05) is 37.3 Å². The van der Waals surface area contributed by atoms with Crippen molar-refractivity contribution in [2.75, 3.05) is 20.6 Å². The number of hydrogen-bond donors (Lipinski definition) is 1. The number of nitrogens with one attached hydrogen (secondary N) is 1. The van der Waals surface area contributed by atoms with Crippen LogP contribution < -0.4 is 0 Å². The van der Waals surface area contributed by atoms with E-state index in [2.05, 4.69) is 46.9 Å². The van der Waals surface area contributed by atoms with Crippen LogP contribution in [-0.2, 0) is 12.0 Å². The van der Waals surface area contributed by atoms with E-state index in [0.717, 1.165) is 42.9 Å². The van der Waals surface area contributed by atoms with Gasteiger partial charge in [-0.05, 0) is 50.7 Å². The summed E-state index contributed by atoms with van der Waals surface area (Å²) in [6.45, 7) is 7.89. The lowest BCUT2D eigenvalue weighted by Gasteiger charge is -2.25. The van der Waals surface area contributed by atoms with Crippen LogP contribution in [0.1, 0.15) is 67.1 Å². The van der Waals surface area contributed by atoms with E-state index in [1.165, 1.54) is 0 Å². The molecule has 6 heteroatoms. The highest BCUT2D eigenvalue weighted by atomic mass is 16.2. The number of aromatic nitrogens is 3. The molecule has 1 aliphatic heterocycles. The molecule has 0 aromatic carbocycles. The quantitative estimate of drug-likeness (QED) is 0.915. The van der Waals surface area contributed by atoms with Crippen molar-refractivity contribution >= 4 is 5.91 Å². The van der Waals surface area contributed by atoms with Gasteiger partial charge in [-0.25, -0.2) is 0 Å². The molecule has 1 atom stereocenters. The molecule has 1 amide bonds. The molecule has 1 saturated heterocycles. The fourth-order valence-electron chi connectivity index (χ4n) is 3.43. The lowest BCUT2D eigenvalue weighted by Crippen LogP contribution is -2.31. The SMILES string of the molecule is CN(C)Cc1cc(C2CCCN2C(=O)c2cc(C(C)(C)C)[nH]n2)ccn1. The molecular formula is C20H29N5O. The molecule has 3 heterocycles. The second-order valence-electron chi connectivity index (χ2n) is 8.39. The average molecular weight is 355 g/mol. The summed E-state index contributed by atoms with van der Waals surface area (Å²) in [6.07, 6.45) is 3.84. The van der Waals surface area contributed by atoms with Gasteiger partial charge in [-0.1, -0.05) is 20.8 Å². The molecule has 26 heavy (non-hydrogen) atoms.